The monoisotopic (exact) mass is 278 g/mol. The second kappa shape index (κ2) is 5.64. The Morgan fingerprint density at radius 1 is 1.30 bits per heavy atom. The molecule has 0 saturated carbocycles. The lowest BCUT2D eigenvalue weighted by Gasteiger charge is -2.07. The Bertz CT molecular complexity index is 664. The Morgan fingerprint density at radius 3 is 2.55 bits per heavy atom. The molecular formula is C13H16BFN2O3. The van der Waals surface area contributed by atoms with E-state index in [0.717, 1.165) is 6.07 Å². The molecule has 1 heterocycles. The van der Waals surface area contributed by atoms with E-state index in [-0.39, 0.29) is 23.7 Å². The number of hydrogen-bond donors (Lipinski definition) is 2. The molecule has 0 fully saturated rings. The van der Waals surface area contributed by atoms with Crippen LogP contribution in [0.5, 0.6) is 0 Å². The summed E-state index contributed by atoms with van der Waals surface area (Å²) in [5, 5.41) is 18.1. The first kappa shape index (κ1) is 14.6. The minimum atomic E-state index is -1.87. The zero-order chi connectivity index (χ0) is 14.9. The van der Waals surface area contributed by atoms with Gasteiger partial charge in [0.25, 0.3) is 0 Å². The van der Waals surface area contributed by atoms with Gasteiger partial charge in [-0.2, -0.15) is 0 Å². The molecule has 20 heavy (non-hydrogen) atoms. The summed E-state index contributed by atoms with van der Waals surface area (Å²) in [5.74, 6) is -0.684. The zero-order valence-corrected chi connectivity index (χ0v) is 11.3. The molecule has 106 valence electrons. The van der Waals surface area contributed by atoms with Gasteiger partial charge in [-0.3, -0.25) is 9.13 Å². The molecule has 1 aromatic carbocycles. The highest BCUT2D eigenvalue weighted by atomic mass is 19.1. The topological polar surface area (TPSA) is 67.4 Å². The van der Waals surface area contributed by atoms with Crippen molar-refractivity contribution in [2.24, 2.45) is 0 Å². The van der Waals surface area contributed by atoms with Crippen LogP contribution in [-0.4, -0.2) is 26.3 Å². The predicted molar refractivity (Wildman–Crippen MR) is 74.4 cm³/mol. The highest BCUT2D eigenvalue weighted by molar-refractivity contribution is 6.58. The highest BCUT2D eigenvalue weighted by Crippen LogP contribution is 2.05. The third kappa shape index (κ3) is 2.83. The third-order valence-corrected chi connectivity index (χ3v) is 3.12. The fourth-order valence-electron chi connectivity index (χ4n) is 2.03. The van der Waals surface area contributed by atoms with E-state index in [1.165, 1.54) is 16.7 Å². The molecule has 1 aromatic heterocycles. The number of benzene rings is 1. The standard InChI is InChI=1S/C13H16BFN2O3/c1-9(2)17-6-5-16(13(17)18)8-10-3-4-12(15)11(7-10)14(19)20/h3-7,9,19-20H,8H2,1-2H3. The van der Waals surface area contributed by atoms with Crippen LogP contribution in [-0.2, 0) is 6.54 Å². The Hall–Kier alpha value is -1.86. The minimum Gasteiger partial charge on any atom is -0.423 e. The Balaban J connectivity index is 2.31. The van der Waals surface area contributed by atoms with Gasteiger partial charge in [0.15, 0.2) is 0 Å². The molecule has 5 nitrogen and oxygen atoms in total. The maximum atomic E-state index is 13.4. The van der Waals surface area contributed by atoms with E-state index in [4.69, 9.17) is 10.0 Å². The summed E-state index contributed by atoms with van der Waals surface area (Å²) in [5.41, 5.74) is 0.271. The molecule has 0 bridgehead atoms. The predicted octanol–water partition coefficient (Wildman–Crippen LogP) is 0.0979. The number of aromatic nitrogens is 2. The summed E-state index contributed by atoms with van der Waals surface area (Å²) in [6.07, 6.45) is 3.35. The summed E-state index contributed by atoms with van der Waals surface area (Å²) >= 11 is 0. The Labute approximate surface area is 116 Å². The van der Waals surface area contributed by atoms with Crippen molar-refractivity contribution in [3.8, 4) is 0 Å². The van der Waals surface area contributed by atoms with Gasteiger partial charge in [-0.05, 0) is 25.5 Å². The number of imidazole rings is 1. The molecule has 0 atom stereocenters. The van der Waals surface area contributed by atoms with E-state index in [9.17, 15) is 9.18 Å². The lowest BCUT2D eigenvalue weighted by molar-refractivity contribution is 0.423. The van der Waals surface area contributed by atoms with E-state index >= 15 is 0 Å². The van der Waals surface area contributed by atoms with Gasteiger partial charge in [-0.25, -0.2) is 9.18 Å². The van der Waals surface area contributed by atoms with Crippen LogP contribution < -0.4 is 11.2 Å². The molecule has 0 amide bonds. The first-order valence-electron chi connectivity index (χ1n) is 6.32. The van der Waals surface area contributed by atoms with E-state index in [1.54, 1.807) is 17.0 Å². The number of halogens is 1. The van der Waals surface area contributed by atoms with Gasteiger partial charge < -0.3 is 10.0 Å². The van der Waals surface area contributed by atoms with Crippen LogP contribution in [0.1, 0.15) is 25.5 Å². The fraction of sp³-hybridized carbons (Fsp3) is 0.308. The average molecular weight is 278 g/mol. The van der Waals surface area contributed by atoms with Crippen LogP contribution in [0.4, 0.5) is 4.39 Å². The second-order valence-electron chi connectivity index (χ2n) is 4.94. The van der Waals surface area contributed by atoms with Crippen molar-refractivity contribution >= 4 is 12.6 Å². The molecule has 2 rings (SSSR count). The van der Waals surface area contributed by atoms with Gasteiger partial charge >= 0.3 is 12.8 Å². The molecule has 0 spiro atoms. The molecule has 2 aromatic rings. The van der Waals surface area contributed by atoms with Crippen molar-refractivity contribution in [1.29, 1.82) is 0 Å². The molecule has 0 aliphatic heterocycles. The normalized spacial score (nSPS) is 11.1. The molecule has 0 unspecified atom stereocenters. The highest BCUT2D eigenvalue weighted by Gasteiger charge is 2.17. The van der Waals surface area contributed by atoms with E-state index < -0.39 is 12.9 Å². The molecule has 2 N–H and O–H groups in total. The molecular weight excluding hydrogens is 262 g/mol. The van der Waals surface area contributed by atoms with Gasteiger partial charge in [-0.15, -0.1) is 0 Å². The van der Waals surface area contributed by atoms with Crippen molar-refractivity contribution in [3.63, 3.8) is 0 Å². The van der Waals surface area contributed by atoms with E-state index in [2.05, 4.69) is 0 Å². The van der Waals surface area contributed by atoms with Crippen LogP contribution in [0.2, 0.25) is 0 Å². The summed E-state index contributed by atoms with van der Waals surface area (Å²) < 4.78 is 16.4. The van der Waals surface area contributed by atoms with Crippen LogP contribution in [0.3, 0.4) is 0 Å². The largest absolute Gasteiger partial charge is 0.491 e. The first-order chi connectivity index (χ1) is 9.40. The number of hydrogen-bond acceptors (Lipinski definition) is 3. The van der Waals surface area contributed by atoms with Gasteiger partial charge in [0.2, 0.25) is 0 Å². The number of rotatable bonds is 4. The van der Waals surface area contributed by atoms with E-state index in [1.807, 2.05) is 13.8 Å². The van der Waals surface area contributed by atoms with Crippen molar-refractivity contribution in [3.05, 3.63) is 52.5 Å². The molecule has 0 aliphatic carbocycles. The minimum absolute atomic E-state index is 0.0618. The first-order valence-corrected chi connectivity index (χ1v) is 6.32. The number of nitrogens with zero attached hydrogens (tertiary/aromatic N) is 2. The van der Waals surface area contributed by atoms with Crippen molar-refractivity contribution in [2.45, 2.75) is 26.4 Å². The molecule has 0 radical (unpaired) electrons. The van der Waals surface area contributed by atoms with Crippen LogP contribution in [0, 0.1) is 5.82 Å². The average Bonchev–Trinajstić information content (AvgIpc) is 2.73. The Kier molecular flexibility index (Phi) is 4.10. The second-order valence-corrected chi connectivity index (χ2v) is 4.94. The van der Waals surface area contributed by atoms with Crippen molar-refractivity contribution in [2.75, 3.05) is 0 Å². The maximum Gasteiger partial charge on any atom is 0.491 e. The summed E-state index contributed by atoms with van der Waals surface area (Å²) in [6, 6.07) is 4.08. The quantitative estimate of drug-likeness (QED) is 0.779. The SMILES string of the molecule is CC(C)n1ccn(Cc2ccc(F)c(B(O)O)c2)c1=O. The van der Waals surface area contributed by atoms with Crippen molar-refractivity contribution in [1.82, 2.24) is 9.13 Å². The zero-order valence-electron chi connectivity index (χ0n) is 11.3. The summed E-state index contributed by atoms with van der Waals surface area (Å²) in [4.78, 5) is 12.1. The smallest absolute Gasteiger partial charge is 0.423 e. The lowest BCUT2D eigenvalue weighted by atomic mass is 9.79. The molecule has 0 aliphatic rings. The van der Waals surface area contributed by atoms with Crippen LogP contribution >= 0.6 is 0 Å². The lowest BCUT2D eigenvalue weighted by Crippen LogP contribution is -2.33. The third-order valence-electron chi connectivity index (χ3n) is 3.12. The summed E-state index contributed by atoms with van der Waals surface area (Å²) in [7, 11) is -1.87. The summed E-state index contributed by atoms with van der Waals surface area (Å²) in [6.45, 7) is 4.06. The Morgan fingerprint density at radius 2 is 2.00 bits per heavy atom. The van der Waals surface area contributed by atoms with E-state index in [0.29, 0.717) is 5.56 Å². The van der Waals surface area contributed by atoms with Crippen LogP contribution in [0.25, 0.3) is 0 Å². The maximum absolute atomic E-state index is 13.4. The molecule has 0 saturated heterocycles. The van der Waals surface area contributed by atoms with Crippen molar-refractivity contribution < 1.29 is 14.4 Å². The molecule has 7 heteroatoms. The van der Waals surface area contributed by atoms with Gasteiger partial charge in [0.1, 0.15) is 5.82 Å². The van der Waals surface area contributed by atoms with Gasteiger partial charge in [0.05, 0.1) is 6.54 Å². The van der Waals surface area contributed by atoms with Crippen LogP contribution in [0.15, 0.2) is 35.4 Å². The van der Waals surface area contributed by atoms with Gasteiger partial charge in [0, 0.05) is 23.9 Å². The fourth-order valence-corrected chi connectivity index (χ4v) is 2.03. The van der Waals surface area contributed by atoms with Gasteiger partial charge in [-0.1, -0.05) is 12.1 Å².